The largest absolute Gasteiger partial charge is 0.465 e. The van der Waals surface area contributed by atoms with Gasteiger partial charge in [-0.3, -0.25) is 9.69 Å². The average molecular weight is 242 g/mol. The Morgan fingerprint density at radius 3 is 2.82 bits per heavy atom. The summed E-state index contributed by atoms with van der Waals surface area (Å²) in [6, 6.07) is 0.00543. The summed E-state index contributed by atoms with van der Waals surface area (Å²) in [5.41, 5.74) is 0. The second-order valence-corrected chi connectivity index (χ2v) is 4.96. The molecule has 0 amide bonds. The van der Waals surface area contributed by atoms with Gasteiger partial charge in [-0.25, -0.2) is 0 Å². The van der Waals surface area contributed by atoms with Crippen LogP contribution in [-0.2, 0) is 9.53 Å². The molecular formula is C13H26N2O2. The summed E-state index contributed by atoms with van der Waals surface area (Å²) in [4.78, 5) is 16.3. The predicted molar refractivity (Wildman–Crippen MR) is 69.0 cm³/mol. The number of nitrogens with zero attached hydrogens (tertiary/aromatic N) is 2. The van der Waals surface area contributed by atoms with E-state index in [1.54, 1.807) is 0 Å². The molecule has 0 N–H and O–H groups in total. The van der Waals surface area contributed by atoms with Gasteiger partial charge in [0.15, 0.2) is 0 Å². The van der Waals surface area contributed by atoms with Crippen LogP contribution in [0, 0.1) is 0 Å². The minimum absolute atomic E-state index is 0.00543. The zero-order chi connectivity index (χ0) is 12.7. The second kappa shape index (κ2) is 7.67. The number of carbonyl (C=O) groups excluding carboxylic acids is 1. The van der Waals surface area contributed by atoms with Crippen LogP contribution in [0.1, 0.15) is 32.6 Å². The number of esters is 1. The van der Waals surface area contributed by atoms with E-state index in [9.17, 15) is 4.79 Å². The summed E-state index contributed by atoms with van der Waals surface area (Å²) >= 11 is 0. The average Bonchev–Trinajstić information content (AvgIpc) is 2.29. The highest BCUT2D eigenvalue weighted by molar-refractivity contribution is 5.75. The molecule has 0 bridgehead atoms. The van der Waals surface area contributed by atoms with Gasteiger partial charge in [-0.1, -0.05) is 6.42 Å². The van der Waals surface area contributed by atoms with Crippen LogP contribution in [0.4, 0.5) is 0 Å². The van der Waals surface area contributed by atoms with Crippen molar-refractivity contribution in [2.75, 3.05) is 40.3 Å². The molecular weight excluding hydrogens is 216 g/mol. The third-order valence-electron chi connectivity index (χ3n) is 3.22. The number of hydrogen-bond donors (Lipinski definition) is 0. The number of likely N-dealkylation sites (tertiary alicyclic amines) is 1. The molecule has 1 aliphatic heterocycles. The lowest BCUT2D eigenvalue weighted by Gasteiger charge is -2.34. The number of ether oxygens (including phenoxy) is 1. The Balaban J connectivity index is 2.39. The quantitative estimate of drug-likeness (QED) is 0.658. The number of piperidine rings is 1. The highest BCUT2D eigenvalue weighted by Crippen LogP contribution is 2.18. The van der Waals surface area contributed by atoms with Crippen LogP contribution in [0.5, 0.6) is 0 Å². The van der Waals surface area contributed by atoms with Crippen molar-refractivity contribution in [3.8, 4) is 0 Å². The molecule has 4 heteroatoms. The van der Waals surface area contributed by atoms with Crippen molar-refractivity contribution in [1.82, 2.24) is 9.80 Å². The maximum absolute atomic E-state index is 11.8. The van der Waals surface area contributed by atoms with Crippen molar-refractivity contribution < 1.29 is 9.53 Å². The first-order valence-corrected chi connectivity index (χ1v) is 6.70. The first-order chi connectivity index (χ1) is 8.15. The maximum atomic E-state index is 11.8. The Bertz CT molecular complexity index is 231. The Hall–Kier alpha value is -0.610. The Morgan fingerprint density at radius 2 is 2.18 bits per heavy atom. The molecule has 0 radical (unpaired) electrons. The molecule has 4 nitrogen and oxygen atoms in total. The van der Waals surface area contributed by atoms with E-state index in [2.05, 4.69) is 23.9 Å². The van der Waals surface area contributed by atoms with E-state index in [1.807, 2.05) is 6.92 Å². The lowest BCUT2D eigenvalue weighted by molar-refractivity contribution is -0.150. The SMILES string of the molecule is CCOC(=O)C1CCCCN1CCCN(C)C. The van der Waals surface area contributed by atoms with Crippen LogP contribution in [-0.4, -0.2) is 62.1 Å². The van der Waals surface area contributed by atoms with Crippen molar-refractivity contribution >= 4 is 5.97 Å². The van der Waals surface area contributed by atoms with Crippen LogP contribution in [0.25, 0.3) is 0 Å². The summed E-state index contributed by atoms with van der Waals surface area (Å²) < 4.78 is 5.15. The van der Waals surface area contributed by atoms with Crippen LogP contribution in [0.3, 0.4) is 0 Å². The molecule has 1 rings (SSSR count). The highest BCUT2D eigenvalue weighted by atomic mass is 16.5. The summed E-state index contributed by atoms with van der Waals surface area (Å²) in [6.07, 6.45) is 4.43. The summed E-state index contributed by atoms with van der Waals surface area (Å²) in [5, 5.41) is 0. The normalized spacial score (nSPS) is 21.8. The van der Waals surface area contributed by atoms with E-state index in [4.69, 9.17) is 4.74 Å². The number of hydrogen-bond acceptors (Lipinski definition) is 4. The van der Waals surface area contributed by atoms with Crippen LogP contribution in [0.2, 0.25) is 0 Å². The molecule has 17 heavy (non-hydrogen) atoms. The van der Waals surface area contributed by atoms with Gasteiger partial charge in [0.05, 0.1) is 6.61 Å². The van der Waals surface area contributed by atoms with E-state index in [1.165, 1.54) is 6.42 Å². The second-order valence-electron chi connectivity index (χ2n) is 4.96. The molecule has 1 saturated heterocycles. The first-order valence-electron chi connectivity index (χ1n) is 6.70. The molecule has 0 spiro atoms. The van der Waals surface area contributed by atoms with Gasteiger partial charge in [0.2, 0.25) is 0 Å². The van der Waals surface area contributed by atoms with Gasteiger partial charge >= 0.3 is 5.97 Å². The molecule has 100 valence electrons. The Labute approximate surface area is 105 Å². The lowest BCUT2D eigenvalue weighted by atomic mass is 10.0. The number of rotatable bonds is 6. The minimum atomic E-state index is -0.0305. The van der Waals surface area contributed by atoms with E-state index in [-0.39, 0.29) is 12.0 Å². The first kappa shape index (κ1) is 14.5. The standard InChI is InChI=1S/C13H26N2O2/c1-4-17-13(16)12-8-5-6-10-15(12)11-7-9-14(2)3/h12H,4-11H2,1-3H3. The monoisotopic (exact) mass is 242 g/mol. The van der Waals surface area contributed by atoms with E-state index in [0.717, 1.165) is 38.9 Å². The van der Waals surface area contributed by atoms with Crippen molar-refractivity contribution in [2.45, 2.75) is 38.6 Å². The molecule has 0 aromatic heterocycles. The summed E-state index contributed by atoms with van der Waals surface area (Å²) in [5.74, 6) is -0.0305. The van der Waals surface area contributed by atoms with Crippen molar-refractivity contribution in [1.29, 1.82) is 0 Å². The van der Waals surface area contributed by atoms with Gasteiger partial charge in [0.25, 0.3) is 0 Å². The van der Waals surface area contributed by atoms with Gasteiger partial charge < -0.3 is 9.64 Å². The molecule has 1 unspecified atom stereocenters. The van der Waals surface area contributed by atoms with Gasteiger partial charge in [0, 0.05) is 6.54 Å². The van der Waals surface area contributed by atoms with E-state index in [0.29, 0.717) is 6.61 Å². The zero-order valence-corrected chi connectivity index (χ0v) is 11.4. The summed E-state index contributed by atoms with van der Waals surface area (Å²) in [6.45, 7) is 5.47. The van der Waals surface area contributed by atoms with Gasteiger partial charge in [0.1, 0.15) is 6.04 Å². The Kier molecular flexibility index (Phi) is 6.52. The molecule has 1 aliphatic rings. The van der Waals surface area contributed by atoms with E-state index < -0.39 is 0 Å². The van der Waals surface area contributed by atoms with Crippen molar-refractivity contribution in [3.05, 3.63) is 0 Å². The van der Waals surface area contributed by atoms with Crippen LogP contribution in [0.15, 0.2) is 0 Å². The molecule has 0 saturated carbocycles. The van der Waals surface area contributed by atoms with Crippen molar-refractivity contribution in [2.24, 2.45) is 0 Å². The van der Waals surface area contributed by atoms with Crippen LogP contribution < -0.4 is 0 Å². The molecule has 1 atom stereocenters. The summed E-state index contributed by atoms with van der Waals surface area (Å²) in [7, 11) is 4.16. The highest BCUT2D eigenvalue weighted by Gasteiger charge is 2.29. The fourth-order valence-electron chi connectivity index (χ4n) is 2.35. The predicted octanol–water partition coefficient (Wildman–Crippen LogP) is 1.36. The molecule has 1 fully saturated rings. The van der Waals surface area contributed by atoms with Gasteiger partial charge in [-0.2, -0.15) is 0 Å². The number of carbonyl (C=O) groups is 1. The molecule has 1 heterocycles. The van der Waals surface area contributed by atoms with Gasteiger partial charge in [-0.15, -0.1) is 0 Å². The molecule has 0 aliphatic carbocycles. The maximum Gasteiger partial charge on any atom is 0.323 e. The fourth-order valence-corrected chi connectivity index (χ4v) is 2.35. The zero-order valence-electron chi connectivity index (χ0n) is 11.4. The third kappa shape index (κ3) is 5.04. The van der Waals surface area contributed by atoms with Crippen molar-refractivity contribution in [3.63, 3.8) is 0 Å². The molecule has 0 aromatic rings. The smallest absolute Gasteiger partial charge is 0.323 e. The Morgan fingerprint density at radius 1 is 1.41 bits per heavy atom. The fraction of sp³-hybridized carbons (Fsp3) is 0.923. The third-order valence-corrected chi connectivity index (χ3v) is 3.22. The van der Waals surface area contributed by atoms with Crippen LogP contribution >= 0.6 is 0 Å². The lowest BCUT2D eigenvalue weighted by Crippen LogP contribution is -2.46. The van der Waals surface area contributed by atoms with Gasteiger partial charge in [-0.05, 0) is 53.4 Å². The topological polar surface area (TPSA) is 32.8 Å². The minimum Gasteiger partial charge on any atom is -0.465 e. The van der Waals surface area contributed by atoms with E-state index >= 15 is 0 Å². The molecule has 0 aromatic carbocycles.